The summed E-state index contributed by atoms with van der Waals surface area (Å²) in [6.07, 6.45) is 15.2. The molecule has 8 aromatic rings. The average molecular weight is 897 g/mol. The molecule has 0 radical (unpaired) electrons. The molecule has 1 saturated heterocycles. The van der Waals surface area contributed by atoms with E-state index in [9.17, 15) is 9.59 Å². The molecule has 0 saturated carbocycles. The summed E-state index contributed by atoms with van der Waals surface area (Å²) in [7, 11) is 0. The van der Waals surface area contributed by atoms with Crippen LogP contribution in [0.5, 0.6) is 0 Å². The number of ether oxygens (including phenoxy) is 1. The Bertz CT molecular complexity index is 3220. The van der Waals surface area contributed by atoms with E-state index in [1.165, 1.54) is 11.4 Å². The van der Waals surface area contributed by atoms with Crippen LogP contribution in [0.3, 0.4) is 0 Å². The molecule has 342 valence electrons. The first-order chi connectivity index (χ1) is 32.4. The van der Waals surface area contributed by atoms with Crippen LogP contribution >= 0.6 is 0 Å². The van der Waals surface area contributed by atoms with E-state index in [2.05, 4.69) is 91.8 Å². The fourth-order valence-electron chi connectivity index (χ4n) is 10.4. The quantitative estimate of drug-likeness (QED) is 0.139. The summed E-state index contributed by atoms with van der Waals surface area (Å²) < 4.78 is 14.0. The fourth-order valence-corrected chi connectivity index (χ4v) is 10.4. The number of pyridine rings is 2. The minimum atomic E-state index is -0.427. The number of fused-ring (bicyclic) bond motifs is 4. The molecule has 0 N–H and O–H groups in total. The van der Waals surface area contributed by atoms with Crippen LogP contribution in [0, 0.1) is 0 Å². The van der Waals surface area contributed by atoms with Crippen LogP contribution in [0.15, 0.2) is 85.7 Å². The van der Waals surface area contributed by atoms with Gasteiger partial charge in [-0.2, -0.15) is 20.4 Å². The van der Waals surface area contributed by atoms with Crippen LogP contribution in [-0.2, 0) is 52.3 Å². The number of nitrogens with zero attached hydrogens (tertiary/aromatic N) is 12. The Balaban J connectivity index is 0.834. The zero-order chi connectivity index (χ0) is 46.1. The van der Waals surface area contributed by atoms with Gasteiger partial charge in [-0.05, 0) is 63.4 Å². The minimum Gasteiger partial charge on any atom is -0.381 e. The van der Waals surface area contributed by atoms with E-state index >= 15 is 0 Å². The normalized spacial score (nSPS) is 15.7. The van der Waals surface area contributed by atoms with Crippen molar-refractivity contribution in [3.8, 4) is 45.0 Å². The summed E-state index contributed by atoms with van der Waals surface area (Å²) in [5.74, 6) is 0.168. The van der Waals surface area contributed by atoms with Crippen molar-refractivity contribution in [1.29, 1.82) is 0 Å². The van der Waals surface area contributed by atoms with Gasteiger partial charge in [0.2, 0.25) is 11.8 Å². The monoisotopic (exact) mass is 896 g/mol. The van der Waals surface area contributed by atoms with Crippen molar-refractivity contribution in [2.75, 3.05) is 26.3 Å². The molecular formula is C52H56N12O3. The molecule has 15 nitrogen and oxygen atoms in total. The standard InChI is InChI=1S/C52H56N12O3/c1-32(2)63-48-13-17-59(33(3)65)29-44(48)50(57-63)40-11-7-9-35-21-46(53-25-42(35)40)37-23-55-61(27-37)31-52(5,6)62-28-38(24-56-62)47-22-36-10-8-12-41(43(36)26-54-47)51-45-30-60(34(4)66)18-14-49(45)64(58-51)39-15-19-67-20-16-39/h7-12,21-28,32,39H,13-20,29-31H2,1-6H3. The van der Waals surface area contributed by atoms with E-state index in [1.807, 2.05) is 50.1 Å². The highest BCUT2D eigenvalue weighted by Crippen LogP contribution is 2.39. The second-order valence-corrected chi connectivity index (χ2v) is 19.4. The number of hydrogen-bond acceptors (Lipinski definition) is 9. The summed E-state index contributed by atoms with van der Waals surface area (Å²) in [5.41, 5.74) is 11.7. The lowest BCUT2D eigenvalue weighted by molar-refractivity contribution is -0.130. The van der Waals surface area contributed by atoms with Crippen molar-refractivity contribution >= 4 is 33.4 Å². The zero-order valence-corrected chi connectivity index (χ0v) is 39.1. The summed E-state index contributed by atoms with van der Waals surface area (Å²) in [5, 5.41) is 24.2. The van der Waals surface area contributed by atoms with E-state index in [1.54, 1.807) is 13.8 Å². The van der Waals surface area contributed by atoms with Crippen LogP contribution in [0.25, 0.3) is 66.6 Å². The smallest absolute Gasteiger partial charge is 0.219 e. The van der Waals surface area contributed by atoms with Gasteiger partial charge in [-0.25, -0.2) is 0 Å². The van der Waals surface area contributed by atoms with E-state index in [0.717, 1.165) is 117 Å². The molecule has 1 fully saturated rings. The van der Waals surface area contributed by atoms with Gasteiger partial charge in [0.15, 0.2) is 0 Å². The van der Waals surface area contributed by atoms with E-state index in [-0.39, 0.29) is 23.9 Å². The number of aromatic nitrogens is 10. The van der Waals surface area contributed by atoms with Crippen molar-refractivity contribution in [1.82, 2.24) is 58.9 Å². The van der Waals surface area contributed by atoms with Crippen LogP contribution < -0.4 is 0 Å². The molecule has 67 heavy (non-hydrogen) atoms. The van der Waals surface area contributed by atoms with Gasteiger partial charge in [0.05, 0.1) is 53.3 Å². The molecule has 11 rings (SSSR count). The Labute approximate surface area is 389 Å². The minimum absolute atomic E-state index is 0.0831. The Morgan fingerprint density at radius 1 is 0.731 bits per heavy atom. The maximum Gasteiger partial charge on any atom is 0.219 e. The van der Waals surface area contributed by atoms with Gasteiger partial charge in [0.1, 0.15) is 0 Å². The molecule has 0 atom stereocenters. The van der Waals surface area contributed by atoms with Crippen LogP contribution in [0.4, 0.5) is 0 Å². The molecule has 0 bridgehead atoms. The lowest BCUT2D eigenvalue weighted by atomic mass is 9.96. The van der Waals surface area contributed by atoms with Crippen molar-refractivity contribution < 1.29 is 14.3 Å². The predicted octanol–water partition coefficient (Wildman–Crippen LogP) is 8.41. The topological polar surface area (TPSA) is 147 Å². The molecule has 15 heteroatoms. The average Bonchev–Trinajstić information content (AvgIpc) is 4.16. The summed E-state index contributed by atoms with van der Waals surface area (Å²) in [4.78, 5) is 38.8. The molecule has 0 spiro atoms. The van der Waals surface area contributed by atoms with Gasteiger partial charge in [0, 0.05) is 152 Å². The maximum atomic E-state index is 12.5. The highest BCUT2D eigenvalue weighted by atomic mass is 16.5. The number of benzene rings is 2. The van der Waals surface area contributed by atoms with Crippen LogP contribution in [0.1, 0.15) is 89.0 Å². The van der Waals surface area contributed by atoms with Gasteiger partial charge >= 0.3 is 0 Å². The fraction of sp³-hybridized carbons (Fsp3) is 0.385. The number of hydrogen-bond donors (Lipinski definition) is 0. The number of rotatable bonds is 9. The highest BCUT2D eigenvalue weighted by Gasteiger charge is 2.32. The van der Waals surface area contributed by atoms with Crippen molar-refractivity contribution in [2.24, 2.45) is 0 Å². The van der Waals surface area contributed by atoms with Gasteiger partial charge < -0.3 is 14.5 Å². The van der Waals surface area contributed by atoms with Gasteiger partial charge in [-0.1, -0.05) is 36.4 Å². The molecular weight excluding hydrogens is 841 g/mol. The Morgan fingerprint density at radius 3 is 1.91 bits per heavy atom. The molecule has 9 heterocycles. The Morgan fingerprint density at radius 2 is 1.30 bits per heavy atom. The van der Waals surface area contributed by atoms with Crippen LogP contribution in [0.2, 0.25) is 0 Å². The number of carbonyl (C=O) groups excluding carboxylic acids is 2. The van der Waals surface area contributed by atoms with Crippen molar-refractivity contribution in [2.45, 2.75) is 104 Å². The van der Waals surface area contributed by atoms with Crippen molar-refractivity contribution in [3.05, 3.63) is 108 Å². The molecule has 2 aromatic carbocycles. The first-order valence-electron chi connectivity index (χ1n) is 23.6. The Hall–Kier alpha value is -7.00. The Kier molecular flexibility index (Phi) is 10.6. The first-order valence-corrected chi connectivity index (χ1v) is 23.6. The molecule has 3 aliphatic heterocycles. The third-order valence-corrected chi connectivity index (χ3v) is 14.1. The lowest BCUT2D eigenvalue weighted by Gasteiger charge is -2.29. The van der Waals surface area contributed by atoms with E-state index < -0.39 is 5.54 Å². The summed E-state index contributed by atoms with van der Waals surface area (Å²) in [6, 6.07) is 17.4. The summed E-state index contributed by atoms with van der Waals surface area (Å²) in [6.45, 7) is 16.5. The SMILES string of the molecule is CC(=O)N1CCc2c(c(-c3cccc4cc(-c5cnn(CC(C)(C)n6cc(-c7cc8cccc(-c9nn(C%10CCOCC%10)c%10c9CN(C(C)=O)CC%10)c8cn7)cn6)c5)ncc34)nn2C(C)C)C1. The second kappa shape index (κ2) is 16.7. The van der Waals surface area contributed by atoms with Gasteiger partial charge in [0.25, 0.3) is 0 Å². The van der Waals surface area contributed by atoms with Gasteiger partial charge in [-0.15, -0.1) is 0 Å². The maximum absolute atomic E-state index is 12.5. The van der Waals surface area contributed by atoms with E-state index in [0.29, 0.717) is 32.7 Å². The van der Waals surface area contributed by atoms with E-state index in [4.69, 9.17) is 35.1 Å². The third kappa shape index (κ3) is 7.68. The third-order valence-electron chi connectivity index (χ3n) is 14.1. The molecule has 0 aliphatic carbocycles. The first kappa shape index (κ1) is 42.6. The predicted molar refractivity (Wildman–Crippen MR) is 257 cm³/mol. The van der Waals surface area contributed by atoms with Gasteiger partial charge in [-0.3, -0.25) is 38.3 Å². The lowest BCUT2D eigenvalue weighted by Crippen LogP contribution is -2.35. The number of amides is 2. The van der Waals surface area contributed by atoms with Crippen LogP contribution in [-0.4, -0.2) is 97.0 Å². The molecule has 3 aliphatic rings. The van der Waals surface area contributed by atoms with Crippen molar-refractivity contribution in [3.63, 3.8) is 0 Å². The molecule has 0 unspecified atom stereocenters. The second-order valence-electron chi connectivity index (χ2n) is 19.4. The summed E-state index contributed by atoms with van der Waals surface area (Å²) >= 11 is 0. The largest absolute Gasteiger partial charge is 0.381 e. The number of carbonyl (C=O) groups is 2. The molecule has 6 aromatic heterocycles. The zero-order valence-electron chi connectivity index (χ0n) is 39.1. The highest BCUT2D eigenvalue weighted by molar-refractivity contribution is 5.98. The molecule has 2 amide bonds.